The topological polar surface area (TPSA) is 87.8 Å². The van der Waals surface area contributed by atoms with E-state index in [-0.39, 0.29) is 11.5 Å². The average Bonchev–Trinajstić information content (AvgIpc) is 2.77. The van der Waals surface area contributed by atoms with E-state index >= 15 is 0 Å². The summed E-state index contributed by atoms with van der Waals surface area (Å²) in [5, 5.41) is 0. The molecule has 3 N–H and O–H groups in total. The SMILES string of the molecule is NNC(=NC1CCCC1)N1CCCS(=O)(=O)CC1. The third-order valence-electron chi connectivity index (χ3n) is 3.61. The van der Waals surface area contributed by atoms with Crippen LogP contribution in [0.2, 0.25) is 0 Å². The summed E-state index contributed by atoms with van der Waals surface area (Å²) in [4.78, 5) is 6.58. The smallest absolute Gasteiger partial charge is 0.208 e. The maximum Gasteiger partial charge on any atom is 0.208 e. The summed E-state index contributed by atoms with van der Waals surface area (Å²) in [6.45, 7) is 1.19. The van der Waals surface area contributed by atoms with Crippen molar-refractivity contribution in [3.05, 3.63) is 0 Å². The van der Waals surface area contributed by atoms with Crippen LogP contribution >= 0.6 is 0 Å². The highest BCUT2D eigenvalue weighted by atomic mass is 32.2. The largest absolute Gasteiger partial charge is 0.341 e. The fourth-order valence-corrected chi connectivity index (χ4v) is 3.84. The summed E-state index contributed by atoms with van der Waals surface area (Å²) in [7, 11) is -2.89. The van der Waals surface area contributed by atoms with Gasteiger partial charge in [0.1, 0.15) is 0 Å². The lowest BCUT2D eigenvalue weighted by Crippen LogP contribution is -2.46. The summed E-state index contributed by atoms with van der Waals surface area (Å²) in [5.74, 6) is 6.64. The number of hydrazine groups is 1. The molecule has 0 radical (unpaired) electrons. The Hall–Kier alpha value is -0.820. The summed E-state index contributed by atoms with van der Waals surface area (Å²) in [6, 6.07) is 0.343. The Morgan fingerprint density at radius 2 is 1.89 bits per heavy atom. The third-order valence-corrected chi connectivity index (χ3v) is 5.33. The standard InChI is InChI=1S/C11H22N4O2S/c12-14-11(13-10-4-1-2-5-10)15-6-3-8-18(16,17)9-7-15/h10H,1-9,12H2,(H,13,14). The molecular weight excluding hydrogens is 252 g/mol. The molecule has 0 aromatic heterocycles. The van der Waals surface area contributed by atoms with Crippen molar-refractivity contribution in [3.8, 4) is 0 Å². The van der Waals surface area contributed by atoms with Gasteiger partial charge in [0, 0.05) is 13.1 Å². The number of nitrogens with one attached hydrogen (secondary N) is 1. The van der Waals surface area contributed by atoms with Gasteiger partial charge in [0.25, 0.3) is 0 Å². The fraction of sp³-hybridized carbons (Fsp3) is 0.909. The van der Waals surface area contributed by atoms with E-state index in [0.717, 1.165) is 12.8 Å². The van der Waals surface area contributed by atoms with Gasteiger partial charge in [-0.3, -0.25) is 5.43 Å². The van der Waals surface area contributed by atoms with Crippen LogP contribution in [0.5, 0.6) is 0 Å². The van der Waals surface area contributed by atoms with Gasteiger partial charge in [0.05, 0.1) is 17.5 Å². The molecular formula is C11H22N4O2S. The number of sulfone groups is 1. The number of rotatable bonds is 1. The van der Waals surface area contributed by atoms with Gasteiger partial charge in [-0.15, -0.1) is 0 Å². The summed E-state index contributed by atoms with van der Waals surface area (Å²) in [6.07, 6.45) is 5.31. The predicted octanol–water partition coefficient (Wildman–Crippen LogP) is -0.131. The molecule has 18 heavy (non-hydrogen) atoms. The molecule has 1 aliphatic heterocycles. The predicted molar refractivity (Wildman–Crippen MR) is 71.9 cm³/mol. The van der Waals surface area contributed by atoms with Gasteiger partial charge < -0.3 is 4.90 Å². The highest BCUT2D eigenvalue weighted by molar-refractivity contribution is 7.91. The zero-order valence-corrected chi connectivity index (χ0v) is 11.5. The normalized spacial score (nSPS) is 26.1. The van der Waals surface area contributed by atoms with E-state index in [1.807, 2.05) is 4.90 Å². The van der Waals surface area contributed by atoms with Crippen molar-refractivity contribution in [2.24, 2.45) is 10.8 Å². The number of hydrogen-bond donors (Lipinski definition) is 2. The van der Waals surface area contributed by atoms with Gasteiger partial charge in [-0.2, -0.15) is 0 Å². The zero-order valence-electron chi connectivity index (χ0n) is 10.6. The van der Waals surface area contributed by atoms with E-state index < -0.39 is 9.84 Å². The van der Waals surface area contributed by atoms with Crippen molar-refractivity contribution in [1.29, 1.82) is 0 Å². The lowest BCUT2D eigenvalue weighted by Gasteiger charge is -2.24. The molecule has 1 saturated heterocycles. The van der Waals surface area contributed by atoms with Crippen molar-refractivity contribution in [1.82, 2.24) is 10.3 Å². The van der Waals surface area contributed by atoms with E-state index in [0.29, 0.717) is 31.5 Å². The monoisotopic (exact) mass is 274 g/mol. The summed E-state index contributed by atoms with van der Waals surface area (Å²) >= 11 is 0. The maximum absolute atomic E-state index is 11.6. The van der Waals surface area contributed by atoms with Crippen molar-refractivity contribution >= 4 is 15.8 Å². The molecule has 0 atom stereocenters. The van der Waals surface area contributed by atoms with Crippen molar-refractivity contribution in [3.63, 3.8) is 0 Å². The third kappa shape index (κ3) is 3.58. The molecule has 0 aromatic carbocycles. The minimum absolute atomic E-state index is 0.193. The molecule has 6 nitrogen and oxygen atoms in total. The summed E-state index contributed by atoms with van der Waals surface area (Å²) < 4.78 is 23.1. The van der Waals surface area contributed by atoms with Gasteiger partial charge in [-0.25, -0.2) is 19.3 Å². The average molecular weight is 274 g/mol. The van der Waals surface area contributed by atoms with Crippen LogP contribution in [-0.2, 0) is 9.84 Å². The van der Waals surface area contributed by atoms with Crippen LogP contribution < -0.4 is 11.3 Å². The highest BCUT2D eigenvalue weighted by Gasteiger charge is 2.22. The van der Waals surface area contributed by atoms with Gasteiger partial charge in [0.15, 0.2) is 9.84 Å². The first kappa shape index (κ1) is 13.6. The van der Waals surface area contributed by atoms with Crippen molar-refractivity contribution < 1.29 is 8.42 Å². The Morgan fingerprint density at radius 1 is 1.17 bits per heavy atom. The van der Waals surface area contributed by atoms with Crippen LogP contribution in [0.15, 0.2) is 4.99 Å². The Bertz CT molecular complexity index is 401. The molecule has 0 spiro atoms. The number of guanidine groups is 1. The van der Waals surface area contributed by atoms with Crippen molar-refractivity contribution in [2.45, 2.75) is 38.1 Å². The number of hydrogen-bond acceptors (Lipinski definition) is 4. The first-order valence-electron chi connectivity index (χ1n) is 6.60. The van der Waals surface area contributed by atoms with Gasteiger partial charge in [0.2, 0.25) is 5.96 Å². The Morgan fingerprint density at radius 3 is 2.56 bits per heavy atom. The summed E-state index contributed by atoms with van der Waals surface area (Å²) in [5.41, 5.74) is 2.63. The molecule has 0 unspecified atom stereocenters. The molecule has 2 aliphatic rings. The molecule has 0 aromatic rings. The molecule has 104 valence electrons. The fourth-order valence-electron chi connectivity index (χ4n) is 2.57. The molecule has 0 amide bonds. The van der Waals surface area contributed by atoms with E-state index in [4.69, 9.17) is 5.84 Å². The molecule has 1 heterocycles. The van der Waals surface area contributed by atoms with Gasteiger partial charge >= 0.3 is 0 Å². The van der Waals surface area contributed by atoms with Crippen LogP contribution in [0, 0.1) is 0 Å². The van der Waals surface area contributed by atoms with E-state index in [2.05, 4.69) is 10.4 Å². The van der Waals surface area contributed by atoms with Crippen LogP contribution in [-0.4, -0.2) is 49.9 Å². The minimum atomic E-state index is -2.89. The molecule has 2 rings (SSSR count). The second-order valence-corrected chi connectivity index (χ2v) is 7.33. The van der Waals surface area contributed by atoms with E-state index in [9.17, 15) is 8.42 Å². The van der Waals surface area contributed by atoms with E-state index in [1.165, 1.54) is 12.8 Å². The van der Waals surface area contributed by atoms with Gasteiger partial charge in [-0.1, -0.05) is 12.8 Å². The van der Waals surface area contributed by atoms with Crippen molar-refractivity contribution in [2.75, 3.05) is 24.6 Å². The highest BCUT2D eigenvalue weighted by Crippen LogP contribution is 2.21. The molecule has 7 heteroatoms. The zero-order chi connectivity index (χ0) is 13.0. The lowest BCUT2D eigenvalue weighted by atomic mass is 10.3. The molecule has 0 bridgehead atoms. The number of nitrogens with zero attached hydrogens (tertiary/aromatic N) is 2. The van der Waals surface area contributed by atoms with E-state index in [1.54, 1.807) is 0 Å². The second-order valence-electron chi connectivity index (χ2n) is 5.03. The van der Waals surface area contributed by atoms with Crippen LogP contribution in [0.25, 0.3) is 0 Å². The minimum Gasteiger partial charge on any atom is -0.341 e. The molecule has 2 fully saturated rings. The Labute approximate surface area is 109 Å². The quantitative estimate of drug-likeness (QED) is 0.301. The number of nitrogens with two attached hydrogens (primary N) is 1. The second kappa shape index (κ2) is 5.88. The number of aliphatic imine (C=N–C) groups is 1. The molecule has 1 saturated carbocycles. The first-order chi connectivity index (χ1) is 8.61. The van der Waals surface area contributed by atoms with Gasteiger partial charge in [-0.05, 0) is 19.3 Å². The Balaban J connectivity index is 2.03. The van der Waals surface area contributed by atoms with Crippen LogP contribution in [0.3, 0.4) is 0 Å². The van der Waals surface area contributed by atoms with Crippen LogP contribution in [0.1, 0.15) is 32.1 Å². The Kier molecular flexibility index (Phi) is 4.45. The van der Waals surface area contributed by atoms with Crippen LogP contribution in [0.4, 0.5) is 0 Å². The maximum atomic E-state index is 11.6. The first-order valence-corrected chi connectivity index (χ1v) is 8.43. The molecule has 1 aliphatic carbocycles. The lowest BCUT2D eigenvalue weighted by molar-refractivity contribution is 0.427.